The molecule has 160 valence electrons. The maximum absolute atomic E-state index is 13.3. The van der Waals surface area contributed by atoms with Crippen LogP contribution in [0.2, 0.25) is 5.02 Å². The molecule has 5 heteroatoms. The van der Waals surface area contributed by atoms with Gasteiger partial charge in [-0.25, -0.2) is 0 Å². The lowest BCUT2D eigenvalue weighted by Gasteiger charge is -2.38. The molecule has 4 nitrogen and oxygen atoms in total. The van der Waals surface area contributed by atoms with Gasteiger partial charge in [0.15, 0.2) is 0 Å². The summed E-state index contributed by atoms with van der Waals surface area (Å²) in [7, 11) is 0. The van der Waals surface area contributed by atoms with Crippen LogP contribution in [0, 0.1) is 6.92 Å². The smallest absolute Gasteiger partial charge is 0.255 e. The van der Waals surface area contributed by atoms with E-state index in [9.17, 15) is 4.79 Å². The molecule has 1 amide bonds. The highest BCUT2D eigenvalue weighted by Gasteiger charge is 2.35. The molecule has 1 N–H and O–H groups in total. The molecule has 1 aliphatic rings. The predicted molar refractivity (Wildman–Crippen MR) is 123 cm³/mol. The number of hydrogen-bond acceptors (Lipinski definition) is 3. The van der Waals surface area contributed by atoms with Gasteiger partial charge in [0.1, 0.15) is 23.7 Å². The minimum absolute atomic E-state index is 0.173. The van der Waals surface area contributed by atoms with Crippen molar-refractivity contribution in [2.24, 2.45) is 0 Å². The minimum atomic E-state index is -0.389. The van der Waals surface area contributed by atoms with Crippen molar-refractivity contribution < 1.29 is 14.3 Å². The number of halogens is 1. The van der Waals surface area contributed by atoms with Gasteiger partial charge in [0.25, 0.3) is 5.91 Å². The van der Waals surface area contributed by atoms with Gasteiger partial charge in [-0.15, -0.1) is 0 Å². The van der Waals surface area contributed by atoms with Crippen LogP contribution in [-0.2, 0) is 6.61 Å². The average molecular weight is 436 g/mol. The first kappa shape index (κ1) is 21.3. The van der Waals surface area contributed by atoms with Crippen molar-refractivity contribution in [1.82, 2.24) is 5.32 Å². The second-order valence-electron chi connectivity index (χ2n) is 8.55. The number of ether oxygens (including phenoxy) is 2. The summed E-state index contributed by atoms with van der Waals surface area (Å²) in [5, 5.41) is 3.66. The van der Waals surface area contributed by atoms with Gasteiger partial charge in [-0.2, -0.15) is 0 Å². The van der Waals surface area contributed by atoms with E-state index in [2.05, 4.69) is 5.32 Å². The number of fused-ring (bicyclic) bond motifs is 1. The molecule has 3 aromatic rings. The number of nitrogens with one attached hydrogen (secondary N) is 1. The SMILES string of the molecule is Cc1ccc2c(c1)OC(C)(C)C[C@@H]2NC(=O)c1cc(Cl)ccc1OCc1ccccc1. The van der Waals surface area contributed by atoms with E-state index < -0.39 is 0 Å². The average Bonchev–Trinajstić information content (AvgIpc) is 2.72. The number of aryl methyl sites for hydroxylation is 1. The predicted octanol–water partition coefficient (Wildman–Crippen LogP) is 6.26. The molecule has 0 saturated heterocycles. The van der Waals surface area contributed by atoms with Crippen LogP contribution >= 0.6 is 11.6 Å². The highest BCUT2D eigenvalue weighted by Crippen LogP contribution is 2.40. The number of carbonyl (C=O) groups excluding carboxylic acids is 1. The van der Waals surface area contributed by atoms with E-state index >= 15 is 0 Å². The van der Waals surface area contributed by atoms with Crippen LogP contribution in [-0.4, -0.2) is 11.5 Å². The maximum Gasteiger partial charge on any atom is 0.255 e. The Bertz CT molecular complexity index is 1100. The molecule has 0 saturated carbocycles. The fourth-order valence-corrected chi connectivity index (χ4v) is 4.04. The second kappa shape index (κ2) is 8.64. The number of amides is 1. The molecule has 0 aromatic heterocycles. The zero-order valence-corrected chi connectivity index (χ0v) is 18.7. The van der Waals surface area contributed by atoms with Crippen molar-refractivity contribution in [1.29, 1.82) is 0 Å². The molecule has 1 aliphatic heterocycles. The van der Waals surface area contributed by atoms with E-state index in [1.54, 1.807) is 18.2 Å². The van der Waals surface area contributed by atoms with Gasteiger partial charge in [-0.3, -0.25) is 4.79 Å². The molecule has 4 rings (SSSR count). The summed E-state index contributed by atoms with van der Waals surface area (Å²) >= 11 is 6.21. The zero-order chi connectivity index (χ0) is 22.0. The number of rotatable bonds is 5. The van der Waals surface area contributed by atoms with Gasteiger partial charge in [0.05, 0.1) is 11.6 Å². The molecule has 0 radical (unpaired) electrons. The van der Waals surface area contributed by atoms with E-state index in [-0.39, 0.29) is 17.6 Å². The van der Waals surface area contributed by atoms with Gasteiger partial charge in [0, 0.05) is 17.0 Å². The van der Waals surface area contributed by atoms with Crippen molar-refractivity contribution in [2.75, 3.05) is 0 Å². The molecule has 3 aromatic carbocycles. The summed E-state index contributed by atoms with van der Waals surface area (Å²) in [4.78, 5) is 13.3. The highest BCUT2D eigenvalue weighted by molar-refractivity contribution is 6.31. The third kappa shape index (κ3) is 5.02. The molecule has 0 spiro atoms. The first-order valence-electron chi connectivity index (χ1n) is 10.4. The standard InChI is InChI=1S/C26H26ClNO3/c1-17-9-11-20-22(15-26(2,3)31-24(20)13-17)28-25(29)21-14-19(27)10-12-23(21)30-16-18-7-5-4-6-8-18/h4-14,22H,15-16H2,1-3H3,(H,28,29)/t22-/m0/s1. The molecule has 1 heterocycles. The van der Waals surface area contributed by atoms with Crippen LogP contribution in [0.5, 0.6) is 11.5 Å². The van der Waals surface area contributed by atoms with Gasteiger partial charge in [-0.05, 0) is 56.2 Å². The molecule has 1 atom stereocenters. The Hall–Kier alpha value is -2.98. The summed E-state index contributed by atoms with van der Waals surface area (Å²) < 4.78 is 12.1. The normalized spacial score (nSPS) is 16.7. The van der Waals surface area contributed by atoms with Crippen LogP contribution in [0.3, 0.4) is 0 Å². The van der Waals surface area contributed by atoms with E-state index in [0.29, 0.717) is 29.4 Å². The Balaban J connectivity index is 1.58. The lowest BCUT2D eigenvalue weighted by Crippen LogP contribution is -2.41. The van der Waals surface area contributed by atoms with Crippen LogP contribution < -0.4 is 14.8 Å². The fraction of sp³-hybridized carbons (Fsp3) is 0.269. The largest absolute Gasteiger partial charge is 0.488 e. The quantitative estimate of drug-likeness (QED) is 0.514. The Kier molecular flexibility index (Phi) is 5.92. The molecule has 0 unspecified atom stereocenters. The van der Waals surface area contributed by atoms with Crippen LogP contribution in [0.15, 0.2) is 66.7 Å². The summed E-state index contributed by atoms with van der Waals surface area (Å²) in [5.41, 5.74) is 3.15. The van der Waals surface area contributed by atoms with Crippen LogP contribution in [0.4, 0.5) is 0 Å². The lowest BCUT2D eigenvalue weighted by atomic mass is 9.89. The Labute approximate surface area is 188 Å². The lowest BCUT2D eigenvalue weighted by molar-refractivity contribution is 0.0618. The molecular formula is C26H26ClNO3. The van der Waals surface area contributed by atoms with Crippen molar-refractivity contribution in [3.05, 3.63) is 94.0 Å². The summed E-state index contributed by atoms with van der Waals surface area (Å²) in [5.74, 6) is 1.09. The summed E-state index contributed by atoms with van der Waals surface area (Å²) in [6, 6.07) is 20.9. The summed E-state index contributed by atoms with van der Waals surface area (Å²) in [6.45, 7) is 6.47. The van der Waals surface area contributed by atoms with Crippen molar-refractivity contribution in [2.45, 2.75) is 45.4 Å². The van der Waals surface area contributed by atoms with Crippen molar-refractivity contribution >= 4 is 17.5 Å². The second-order valence-corrected chi connectivity index (χ2v) is 8.98. The number of carbonyl (C=O) groups is 1. The molecular weight excluding hydrogens is 410 g/mol. The maximum atomic E-state index is 13.3. The molecule has 0 fully saturated rings. The number of benzene rings is 3. The van der Waals surface area contributed by atoms with E-state index in [0.717, 1.165) is 22.4 Å². The van der Waals surface area contributed by atoms with Gasteiger partial charge in [-0.1, -0.05) is 54.1 Å². The first-order valence-corrected chi connectivity index (χ1v) is 10.8. The van der Waals surface area contributed by atoms with Gasteiger partial charge < -0.3 is 14.8 Å². The topological polar surface area (TPSA) is 47.6 Å². The minimum Gasteiger partial charge on any atom is -0.488 e. The van der Waals surface area contributed by atoms with Gasteiger partial charge >= 0.3 is 0 Å². The molecule has 0 aliphatic carbocycles. The summed E-state index contributed by atoms with van der Waals surface area (Å²) in [6.07, 6.45) is 0.662. The van der Waals surface area contributed by atoms with Crippen LogP contribution in [0.1, 0.15) is 53.4 Å². The third-order valence-electron chi connectivity index (χ3n) is 5.36. The van der Waals surface area contributed by atoms with Crippen molar-refractivity contribution in [3.63, 3.8) is 0 Å². The van der Waals surface area contributed by atoms with Crippen LogP contribution in [0.25, 0.3) is 0 Å². The van der Waals surface area contributed by atoms with E-state index in [4.69, 9.17) is 21.1 Å². The fourth-order valence-electron chi connectivity index (χ4n) is 3.86. The molecule has 31 heavy (non-hydrogen) atoms. The van der Waals surface area contributed by atoms with Crippen molar-refractivity contribution in [3.8, 4) is 11.5 Å². The molecule has 0 bridgehead atoms. The third-order valence-corrected chi connectivity index (χ3v) is 5.59. The Morgan fingerprint density at radius 2 is 1.90 bits per heavy atom. The number of hydrogen-bond donors (Lipinski definition) is 1. The first-order chi connectivity index (χ1) is 14.8. The Morgan fingerprint density at radius 1 is 1.13 bits per heavy atom. The monoisotopic (exact) mass is 435 g/mol. The highest BCUT2D eigenvalue weighted by atomic mass is 35.5. The van der Waals surface area contributed by atoms with E-state index in [1.165, 1.54) is 0 Å². The zero-order valence-electron chi connectivity index (χ0n) is 17.9. The van der Waals surface area contributed by atoms with Gasteiger partial charge in [0.2, 0.25) is 0 Å². The van der Waals surface area contributed by atoms with E-state index in [1.807, 2.05) is 69.3 Å². The Morgan fingerprint density at radius 3 is 2.68 bits per heavy atom.